The molecule has 4 aromatic carbocycles. The Bertz CT molecular complexity index is 1550. The van der Waals surface area contributed by atoms with Crippen LogP contribution in [-0.2, 0) is 16.6 Å². The van der Waals surface area contributed by atoms with E-state index in [0.29, 0.717) is 36.6 Å². The molecule has 0 unspecified atom stereocenters. The number of carbonyl (C=O) groups excluding carboxylic acids is 1. The van der Waals surface area contributed by atoms with Crippen molar-refractivity contribution in [2.45, 2.75) is 38.1 Å². The van der Waals surface area contributed by atoms with Crippen molar-refractivity contribution in [1.29, 1.82) is 0 Å². The summed E-state index contributed by atoms with van der Waals surface area (Å²) in [6, 6.07) is 28.1. The van der Waals surface area contributed by atoms with E-state index in [1.807, 2.05) is 56.3 Å². The Balaban J connectivity index is 1.47. The Morgan fingerprint density at radius 2 is 1.46 bits per heavy atom. The van der Waals surface area contributed by atoms with Gasteiger partial charge in [0.15, 0.2) is 0 Å². The van der Waals surface area contributed by atoms with E-state index in [1.54, 1.807) is 30.3 Å². The third kappa shape index (κ3) is 6.56. The van der Waals surface area contributed by atoms with E-state index in [-0.39, 0.29) is 10.8 Å². The topological polar surface area (TPSA) is 78.5 Å². The number of hydrogen-bond donors (Lipinski definition) is 2. The van der Waals surface area contributed by atoms with E-state index in [9.17, 15) is 13.2 Å². The molecule has 0 radical (unpaired) electrons. The van der Waals surface area contributed by atoms with E-state index in [4.69, 9.17) is 0 Å². The average molecular weight is 542 g/mol. The van der Waals surface area contributed by atoms with Crippen LogP contribution < -0.4 is 10.6 Å². The van der Waals surface area contributed by atoms with E-state index in [1.165, 1.54) is 4.31 Å². The van der Waals surface area contributed by atoms with Crippen molar-refractivity contribution in [3.8, 4) is 0 Å². The molecule has 0 bridgehead atoms. The summed E-state index contributed by atoms with van der Waals surface area (Å²) in [6.45, 7) is 9.46. The van der Waals surface area contributed by atoms with Gasteiger partial charge in [-0.3, -0.25) is 4.79 Å². The fourth-order valence-corrected chi connectivity index (χ4v) is 6.19. The van der Waals surface area contributed by atoms with Crippen molar-refractivity contribution >= 4 is 38.1 Å². The van der Waals surface area contributed by atoms with Crippen LogP contribution in [0.1, 0.15) is 48.2 Å². The van der Waals surface area contributed by atoms with Crippen LogP contribution in [0.5, 0.6) is 0 Å². The van der Waals surface area contributed by atoms with Crippen LogP contribution in [0, 0.1) is 0 Å². The summed E-state index contributed by atoms with van der Waals surface area (Å²) in [7, 11) is -3.56. The van der Waals surface area contributed by atoms with Crippen molar-refractivity contribution in [3.63, 3.8) is 0 Å². The normalized spacial score (nSPS) is 11.5. The molecule has 0 saturated heterocycles. The van der Waals surface area contributed by atoms with Gasteiger partial charge in [-0.2, -0.15) is 4.31 Å². The zero-order valence-corrected chi connectivity index (χ0v) is 23.3. The van der Waals surface area contributed by atoms with Gasteiger partial charge in [-0.05, 0) is 59.0 Å². The SMILES string of the molecule is C=C(Nc1ccccc1C(=O)NCc1cccc2ccccc12)c1ccc(S(=O)(=O)N(CCC)CCC)cc1. The molecule has 1 amide bonds. The first-order chi connectivity index (χ1) is 18.8. The van der Waals surface area contributed by atoms with Gasteiger partial charge in [0.2, 0.25) is 10.0 Å². The quantitative estimate of drug-likeness (QED) is 0.210. The molecule has 0 spiro atoms. The predicted octanol–water partition coefficient (Wildman–Crippen LogP) is 6.66. The first-order valence-electron chi connectivity index (χ1n) is 13.3. The number of nitrogens with zero attached hydrogens (tertiary/aromatic N) is 1. The minimum Gasteiger partial charge on any atom is -0.355 e. The molecule has 7 heteroatoms. The van der Waals surface area contributed by atoms with Crippen molar-refractivity contribution in [2.75, 3.05) is 18.4 Å². The molecule has 202 valence electrons. The van der Waals surface area contributed by atoms with Crippen LogP contribution in [0.15, 0.2) is 102 Å². The molecular weight excluding hydrogens is 506 g/mol. The molecule has 6 nitrogen and oxygen atoms in total. The Labute approximate surface area is 231 Å². The van der Waals surface area contributed by atoms with Crippen LogP contribution in [0.3, 0.4) is 0 Å². The molecule has 0 aliphatic carbocycles. The molecule has 0 fully saturated rings. The molecule has 0 aromatic heterocycles. The number of nitrogens with one attached hydrogen (secondary N) is 2. The lowest BCUT2D eigenvalue weighted by atomic mass is 10.0. The van der Waals surface area contributed by atoms with Crippen LogP contribution in [0.25, 0.3) is 16.5 Å². The van der Waals surface area contributed by atoms with Gasteiger partial charge in [-0.1, -0.05) is 87.2 Å². The lowest BCUT2D eigenvalue weighted by molar-refractivity contribution is 0.0952. The standard InChI is InChI=1S/C32H35N3O3S/c1-4-21-35(22-5-2)39(37,38)28-19-17-25(18-20-28)24(3)34-31-16-9-8-15-30(31)32(36)33-23-27-13-10-12-26-11-6-7-14-29(26)27/h6-20,34H,3-5,21-23H2,1-2H3,(H,33,36). The van der Waals surface area contributed by atoms with Gasteiger partial charge in [0, 0.05) is 25.3 Å². The number of carbonyl (C=O) groups is 1. The van der Waals surface area contributed by atoms with Gasteiger partial charge in [-0.25, -0.2) is 8.42 Å². The number of fused-ring (bicyclic) bond motifs is 1. The monoisotopic (exact) mass is 541 g/mol. The summed E-state index contributed by atoms with van der Waals surface area (Å²) in [6.07, 6.45) is 1.51. The predicted molar refractivity (Wildman–Crippen MR) is 160 cm³/mol. The lowest BCUT2D eigenvalue weighted by Crippen LogP contribution is -2.32. The Kier molecular flexibility index (Phi) is 9.17. The molecule has 0 aliphatic rings. The fraction of sp³-hybridized carbons (Fsp3) is 0.219. The second-order valence-electron chi connectivity index (χ2n) is 9.40. The molecule has 0 aliphatic heterocycles. The van der Waals surface area contributed by atoms with Gasteiger partial charge in [0.1, 0.15) is 0 Å². The summed E-state index contributed by atoms with van der Waals surface area (Å²) in [4.78, 5) is 13.4. The van der Waals surface area contributed by atoms with Gasteiger partial charge >= 0.3 is 0 Å². The molecule has 4 aromatic rings. The molecule has 2 N–H and O–H groups in total. The van der Waals surface area contributed by atoms with Crippen molar-refractivity contribution in [1.82, 2.24) is 9.62 Å². The minimum absolute atomic E-state index is 0.202. The molecule has 0 saturated carbocycles. The second kappa shape index (κ2) is 12.7. The third-order valence-corrected chi connectivity index (χ3v) is 8.48. The maximum absolute atomic E-state index is 13.2. The molecule has 39 heavy (non-hydrogen) atoms. The Hall–Kier alpha value is -3.94. The highest BCUT2D eigenvalue weighted by Crippen LogP contribution is 2.24. The van der Waals surface area contributed by atoms with Gasteiger partial charge in [0.25, 0.3) is 5.91 Å². The summed E-state index contributed by atoms with van der Waals surface area (Å²) < 4.78 is 27.7. The number of para-hydroxylation sites is 1. The molecule has 0 atom stereocenters. The van der Waals surface area contributed by atoms with Crippen molar-refractivity contribution in [2.24, 2.45) is 0 Å². The number of sulfonamides is 1. The number of anilines is 1. The van der Waals surface area contributed by atoms with Gasteiger partial charge < -0.3 is 10.6 Å². The maximum atomic E-state index is 13.2. The molecular formula is C32H35N3O3S. The van der Waals surface area contributed by atoms with Crippen LogP contribution in [-0.4, -0.2) is 31.7 Å². The number of amides is 1. The average Bonchev–Trinajstić information content (AvgIpc) is 2.96. The first kappa shape index (κ1) is 28.1. The van der Waals surface area contributed by atoms with Crippen LogP contribution in [0.2, 0.25) is 0 Å². The first-order valence-corrected chi connectivity index (χ1v) is 14.7. The highest BCUT2D eigenvalue weighted by molar-refractivity contribution is 7.89. The third-order valence-electron chi connectivity index (χ3n) is 6.56. The summed E-state index contributed by atoms with van der Waals surface area (Å²) in [5.74, 6) is -0.202. The fourth-order valence-electron chi connectivity index (χ4n) is 4.57. The Morgan fingerprint density at radius 1 is 0.821 bits per heavy atom. The minimum atomic E-state index is -3.56. The van der Waals surface area contributed by atoms with Gasteiger partial charge in [-0.15, -0.1) is 0 Å². The van der Waals surface area contributed by atoms with Crippen molar-refractivity contribution < 1.29 is 13.2 Å². The highest BCUT2D eigenvalue weighted by atomic mass is 32.2. The van der Waals surface area contributed by atoms with Gasteiger partial charge in [0.05, 0.1) is 16.1 Å². The summed E-state index contributed by atoms with van der Waals surface area (Å²) in [5, 5.41) is 8.52. The second-order valence-corrected chi connectivity index (χ2v) is 11.3. The van der Waals surface area contributed by atoms with E-state index >= 15 is 0 Å². The lowest BCUT2D eigenvalue weighted by Gasteiger charge is -2.21. The highest BCUT2D eigenvalue weighted by Gasteiger charge is 2.23. The van der Waals surface area contributed by atoms with Crippen LogP contribution >= 0.6 is 0 Å². The number of rotatable bonds is 12. The van der Waals surface area contributed by atoms with E-state index < -0.39 is 10.0 Å². The zero-order chi connectivity index (χ0) is 27.8. The molecule has 0 heterocycles. The van der Waals surface area contributed by atoms with E-state index in [0.717, 1.165) is 34.7 Å². The number of benzene rings is 4. The zero-order valence-electron chi connectivity index (χ0n) is 22.5. The Morgan fingerprint density at radius 3 is 2.18 bits per heavy atom. The smallest absolute Gasteiger partial charge is 0.253 e. The van der Waals surface area contributed by atoms with E-state index in [2.05, 4.69) is 35.4 Å². The summed E-state index contributed by atoms with van der Waals surface area (Å²) in [5.41, 5.74) is 3.45. The number of hydrogen-bond acceptors (Lipinski definition) is 4. The maximum Gasteiger partial charge on any atom is 0.253 e. The molecule has 4 rings (SSSR count). The largest absolute Gasteiger partial charge is 0.355 e. The van der Waals surface area contributed by atoms with Crippen molar-refractivity contribution in [3.05, 3.63) is 114 Å². The van der Waals surface area contributed by atoms with Crippen LogP contribution in [0.4, 0.5) is 5.69 Å². The summed E-state index contributed by atoms with van der Waals surface area (Å²) >= 11 is 0.